The Balaban J connectivity index is 1.92. The maximum absolute atomic E-state index is 12.4. The lowest BCUT2D eigenvalue weighted by Crippen LogP contribution is -2.08. The number of sulfone groups is 1. The Morgan fingerprint density at radius 3 is 2.25 bits per heavy atom. The summed E-state index contributed by atoms with van der Waals surface area (Å²) in [4.78, 5) is 0.257. The van der Waals surface area contributed by atoms with Crippen LogP contribution in [0.3, 0.4) is 0 Å². The number of hydrogen-bond acceptors (Lipinski definition) is 6. The molecule has 2 aromatic rings. The highest BCUT2D eigenvalue weighted by Gasteiger charge is 2.15. The average molecular weight is 351 g/mol. The molecule has 24 heavy (non-hydrogen) atoms. The van der Waals surface area contributed by atoms with E-state index in [-0.39, 0.29) is 17.4 Å². The predicted octanol–water partition coefficient (Wildman–Crippen LogP) is 2.24. The van der Waals surface area contributed by atoms with Gasteiger partial charge in [0, 0.05) is 12.8 Å². The van der Waals surface area contributed by atoms with Gasteiger partial charge in [0.1, 0.15) is 19.1 Å². The first-order chi connectivity index (χ1) is 11.5. The molecule has 2 aromatic carbocycles. The fraction of sp³-hybridized carbons (Fsp3) is 0.294. The number of methoxy groups -OCH3 is 1. The number of hydrogen-bond donors (Lipinski definition) is 1. The first kappa shape index (κ1) is 18.3. The largest absolute Gasteiger partial charge is 0.491 e. The van der Waals surface area contributed by atoms with Gasteiger partial charge in [-0.3, -0.25) is 0 Å². The van der Waals surface area contributed by atoms with Crippen LogP contribution in [0.25, 0.3) is 0 Å². The van der Waals surface area contributed by atoms with Crippen LogP contribution in [0.4, 0.5) is 5.69 Å². The second-order valence-electron chi connectivity index (χ2n) is 5.14. The second-order valence-corrected chi connectivity index (χ2v) is 7.12. The summed E-state index contributed by atoms with van der Waals surface area (Å²) in [5.74, 6) is 0.582. The van der Waals surface area contributed by atoms with Crippen LogP contribution in [0.15, 0.2) is 53.4 Å². The Morgan fingerprint density at radius 1 is 0.958 bits per heavy atom. The van der Waals surface area contributed by atoms with Crippen molar-refractivity contribution in [1.82, 2.24) is 0 Å². The van der Waals surface area contributed by atoms with Crippen molar-refractivity contribution < 1.29 is 22.6 Å². The van der Waals surface area contributed by atoms with Crippen molar-refractivity contribution in [1.29, 1.82) is 0 Å². The Hall–Kier alpha value is -2.09. The molecule has 2 N–H and O–H groups in total. The quantitative estimate of drug-likeness (QED) is 0.423. The van der Waals surface area contributed by atoms with Gasteiger partial charge in [0.25, 0.3) is 0 Å². The van der Waals surface area contributed by atoms with Crippen molar-refractivity contribution in [3.63, 3.8) is 0 Å². The van der Waals surface area contributed by atoms with Crippen molar-refractivity contribution in [2.24, 2.45) is 0 Å². The fourth-order valence-electron chi connectivity index (χ4n) is 2.02. The molecule has 0 saturated carbocycles. The lowest BCUT2D eigenvalue weighted by atomic mass is 10.2. The van der Waals surface area contributed by atoms with Crippen molar-refractivity contribution >= 4 is 15.5 Å². The minimum Gasteiger partial charge on any atom is -0.491 e. The van der Waals surface area contributed by atoms with Gasteiger partial charge in [-0.05, 0) is 42.0 Å². The molecule has 0 fully saturated rings. The summed E-state index contributed by atoms with van der Waals surface area (Å²) >= 11 is 0. The molecule has 0 aliphatic carbocycles. The Labute approximate surface area is 142 Å². The lowest BCUT2D eigenvalue weighted by Gasteiger charge is -2.08. The van der Waals surface area contributed by atoms with E-state index in [2.05, 4.69) is 0 Å². The average Bonchev–Trinajstić information content (AvgIpc) is 2.56. The van der Waals surface area contributed by atoms with Gasteiger partial charge in [-0.1, -0.05) is 12.1 Å². The predicted molar refractivity (Wildman–Crippen MR) is 91.5 cm³/mol. The number of ether oxygens (including phenoxy) is 3. The summed E-state index contributed by atoms with van der Waals surface area (Å²) in [6.07, 6.45) is 0. The highest BCUT2D eigenvalue weighted by molar-refractivity contribution is 7.90. The van der Waals surface area contributed by atoms with Crippen molar-refractivity contribution in [3.05, 3.63) is 54.1 Å². The van der Waals surface area contributed by atoms with Gasteiger partial charge in [0.2, 0.25) is 0 Å². The molecule has 2 rings (SSSR count). The van der Waals surface area contributed by atoms with E-state index in [1.165, 1.54) is 12.1 Å². The molecule has 0 bridgehead atoms. The second kappa shape index (κ2) is 8.68. The van der Waals surface area contributed by atoms with Crippen LogP contribution >= 0.6 is 0 Å². The van der Waals surface area contributed by atoms with E-state index in [4.69, 9.17) is 19.9 Å². The molecule has 0 amide bonds. The van der Waals surface area contributed by atoms with Gasteiger partial charge in [0.05, 0.1) is 17.3 Å². The molecule has 0 aromatic heterocycles. The van der Waals surface area contributed by atoms with E-state index in [1.54, 1.807) is 43.5 Å². The molecule has 0 atom stereocenters. The van der Waals surface area contributed by atoms with Crippen molar-refractivity contribution in [2.75, 3.05) is 32.9 Å². The molecule has 130 valence electrons. The third kappa shape index (κ3) is 5.52. The van der Waals surface area contributed by atoms with Crippen LogP contribution < -0.4 is 10.5 Å². The summed E-state index contributed by atoms with van der Waals surface area (Å²) in [7, 11) is -1.85. The Bertz CT molecular complexity index is 727. The molecule has 0 heterocycles. The van der Waals surface area contributed by atoms with Gasteiger partial charge < -0.3 is 19.9 Å². The molecule has 7 heteroatoms. The van der Waals surface area contributed by atoms with Gasteiger partial charge in [-0.15, -0.1) is 0 Å². The zero-order valence-electron chi connectivity index (χ0n) is 13.5. The minimum atomic E-state index is -3.40. The van der Waals surface area contributed by atoms with Gasteiger partial charge in [0.15, 0.2) is 9.84 Å². The number of nitrogens with two attached hydrogens (primary N) is 1. The monoisotopic (exact) mass is 351 g/mol. The summed E-state index contributed by atoms with van der Waals surface area (Å²) in [5, 5.41) is 0. The summed E-state index contributed by atoms with van der Waals surface area (Å²) < 4.78 is 40.1. The zero-order chi connectivity index (χ0) is 17.4. The smallest absolute Gasteiger partial charge is 0.182 e. The topological polar surface area (TPSA) is 87.9 Å². The molecule has 6 nitrogen and oxygen atoms in total. The van der Waals surface area contributed by atoms with E-state index >= 15 is 0 Å². The van der Waals surface area contributed by atoms with Crippen molar-refractivity contribution in [3.8, 4) is 5.75 Å². The molecule has 0 unspecified atom stereocenters. The molecular weight excluding hydrogens is 330 g/mol. The van der Waals surface area contributed by atoms with Gasteiger partial charge in [-0.25, -0.2) is 8.42 Å². The summed E-state index contributed by atoms with van der Waals surface area (Å²) in [6, 6.07) is 13.1. The Kier molecular flexibility index (Phi) is 6.60. The van der Waals surface area contributed by atoms with E-state index in [0.717, 1.165) is 0 Å². The van der Waals surface area contributed by atoms with Crippen LogP contribution in [0.1, 0.15) is 5.56 Å². The lowest BCUT2D eigenvalue weighted by molar-refractivity contribution is -0.0387. The maximum Gasteiger partial charge on any atom is 0.182 e. The fourth-order valence-corrected chi connectivity index (χ4v) is 3.37. The van der Waals surface area contributed by atoms with Gasteiger partial charge >= 0.3 is 0 Å². The third-order valence-electron chi connectivity index (χ3n) is 3.22. The maximum atomic E-state index is 12.4. The van der Waals surface area contributed by atoms with Crippen LogP contribution in [-0.4, -0.2) is 35.5 Å². The zero-order valence-corrected chi connectivity index (χ0v) is 14.3. The molecule has 0 aliphatic heterocycles. The minimum absolute atomic E-state index is 0.0752. The van der Waals surface area contributed by atoms with Crippen LogP contribution in [0.2, 0.25) is 0 Å². The SMILES string of the molecule is COCOCCOc1ccc(CS(=O)(=O)c2ccc(N)cc2)cc1. The highest BCUT2D eigenvalue weighted by Crippen LogP contribution is 2.19. The molecule has 0 saturated heterocycles. The normalized spacial score (nSPS) is 11.4. The summed E-state index contributed by atoms with van der Waals surface area (Å²) in [6.45, 7) is 1.04. The molecular formula is C17H21NO5S. The summed E-state index contributed by atoms with van der Waals surface area (Å²) in [5.41, 5.74) is 6.80. The standard InChI is InChI=1S/C17H21NO5S/c1-21-13-22-10-11-23-16-6-2-14(3-7-16)12-24(19,20)17-8-4-15(18)5-9-17/h2-9H,10-13,18H2,1H3. The van der Waals surface area contributed by atoms with Crippen LogP contribution in [-0.2, 0) is 25.1 Å². The van der Waals surface area contributed by atoms with Crippen LogP contribution in [0.5, 0.6) is 5.75 Å². The number of benzene rings is 2. The highest BCUT2D eigenvalue weighted by atomic mass is 32.2. The number of nitrogen functional groups attached to an aromatic ring is 1. The molecule has 0 radical (unpaired) electrons. The number of rotatable bonds is 9. The van der Waals surface area contributed by atoms with E-state index < -0.39 is 9.84 Å². The van der Waals surface area contributed by atoms with Crippen molar-refractivity contribution in [2.45, 2.75) is 10.6 Å². The van der Waals surface area contributed by atoms with E-state index in [0.29, 0.717) is 30.2 Å². The first-order valence-electron chi connectivity index (χ1n) is 7.38. The Morgan fingerprint density at radius 2 is 1.62 bits per heavy atom. The molecule has 0 aliphatic rings. The van der Waals surface area contributed by atoms with E-state index in [9.17, 15) is 8.42 Å². The number of anilines is 1. The van der Waals surface area contributed by atoms with E-state index in [1.807, 2.05) is 0 Å². The van der Waals surface area contributed by atoms with Gasteiger partial charge in [-0.2, -0.15) is 0 Å². The van der Waals surface area contributed by atoms with Crippen LogP contribution in [0, 0.1) is 0 Å². The molecule has 0 spiro atoms. The first-order valence-corrected chi connectivity index (χ1v) is 9.03. The third-order valence-corrected chi connectivity index (χ3v) is 4.92.